The van der Waals surface area contributed by atoms with Crippen molar-refractivity contribution in [1.82, 2.24) is 9.97 Å². The molecule has 2 saturated heterocycles. The Morgan fingerprint density at radius 3 is 2.32 bits per heavy atom. The summed E-state index contributed by atoms with van der Waals surface area (Å²) in [5, 5.41) is 9.63. The van der Waals surface area contributed by atoms with E-state index in [1.165, 1.54) is 24.8 Å². The zero-order chi connectivity index (χ0) is 21.6. The van der Waals surface area contributed by atoms with Crippen LogP contribution >= 0.6 is 0 Å². The Labute approximate surface area is 185 Å². The highest BCUT2D eigenvalue weighted by Crippen LogP contribution is 2.30. The van der Waals surface area contributed by atoms with Gasteiger partial charge in [-0.05, 0) is 62.1 Å². The van der Waals surface area contributed by atoms with Gasteiger partial charge in [-0.3, -0.25) is 0 Å². The summed E-state index contributed by atoms with van der Waals surface area (Å²) in [5.74, 6) is 4.36. The van der Waals surface area contributed by atoms with Gasteiger partial charge in [-0.2, -0.15) is 0 Å². The van der Waals surface area contributed by atoms with Crippen LogP contribution in [0.15, 0.2) is 30.6 Å². The Morgan fingerprint density at radius 2 is 1.65 bits per heavy atom. The minimum atomic E-state index is 0.184. The van der Waals surface area contributed by atoms with Crippen LogP contribution in [0, 0.1) is 5.92 Å². The molecule has 0 bridgehead atoms. The number of nitrogens with zero attached hydrogens (tertiary/aromatic N) is 4. The van der Waals surface area contributed by atoms with E-state index in [1.54, 1.807) is 20.5 Å². The van der Waals surface area contributed by atoms with Crippen LogP contribution in [0.5, 0.6) is 11.5 Å². The van der Waals surface area contributed by atoms with Crippen molar-refractivity contribution >= 4 is 11.6 Å². The lowest BCUT2D eigenvalue weighted by Crippen LogP contribution is -2.35. The smallest absolute Gasteiger partial charge is 0.134 e. The van der Waals surface area contributed by atoms with Gasteiger partial charge in [0.05, 0.1) is 26.9 Å². The van der Waals surface area contributed by atoms with Crippen LogP contribution in [0.25, 0.3) is 0 Å². The lowest BCUT2D eigenvalue weighted by molar-refractivity contribution is 0.266. The number of benzene rings is 1. The van der Waals surface area contributed by atoms with Crippen LogP contribution in [0.3, 0.4) is 0 Å². The maximum Gasteiger partial charge on any atom is 0.134 e. The van der Waals surface area contributed by atoms with Crippen molar-refractivity contribution in [2.24, 2.45) is 5.92 Å². The van der Waals surface area contributed by atoms with Crippen LogP contribution in [0.2, 0.25) is 0 Å². The van der Waals surface area contributed by atoms with Crippen molar-refractivity contribution in [3.05, 3.63) is 36.2 Å². The molecule has 1 atom stereocenters. The number of aryl methyl sites for hydroxylation is 1. The highest BCUT2D eigenvalue weighted by atomic mass is 16.5. The first-order valence-electron chi connectivity index (χ1n) is 11.4. The molecule has 0 aliphatic carbocycles. The molecule has 7 heteroatoms. The lowest BCUT2D eigenvalue weighted by Gasteiger charge is -2.33. The van der Waals surface area contributed by atoms with Crippen LogP contribution in [-0.4, -0.2) is 61.6 Å². The molecular formula is C24H34N4O3. The maximum absolute atomic E-state index is 9.63. The summed E-state index contributed by atoms with van der Waals surface area (Å²) >= 11 is 0. The molecule has 1 aromatic heterocycles. The Bertz CT molecular complexity index is 832. The Balaban J connectivity index is 1.32. The van der Waals surface area contributed by atoms with Gasteiger partial charge in [-0.15, -0.1) is 0 Å². The Kier molecular flexibility index (Phi) is 7.12. The van der Waals surface area contributed by atoms with Crippen molar-refractivity contribution in [2.45, 2.75) is 44.6 Å². The van der Waals surface area contributed by atoms with Crippen molar-refractivity contribution < 1.29 is 14.6 Å². The first-order chi connectivity index (χ1) is 15.2. The average Bonchev–Trinajstić information content (AvgIpc) is 3.32. The number of ether oxygens (including phenoxy) is 2. The molecule has 2 fully saturated rings. The maximum atomic E-state index is 9.63. The second-order valence-electron chi connectivity index (χ2n) is 8.60. The van der Waals surface area contributed by atoms with Crippen molar-refractivity contribution in [3.8, 4) is 11.5 Å². The molecule has 0 saturated carbocycles. The van der Waals surface area contributed by atoms with Gasteiger partial charge in [0.2, 0.25) is 0 Å². The largest absolute Gasteiger partial charge is 0.497 e. The molecule has 7 nitrogen and oxygen atoms in total. The first-order valence-corrected chi connectivity index (χ1v) is 11.4. The first kappa shape index (κ1) is 21.7. The van der Waals surface area contributed by atoms with Gasteiger partial charge in [0, 0.05) is 31.8 Å². The number of aromatic nitrogens is 2. The number of hydrogen-bond donors (Lipinski definition) is 1. The van der Waals surface area contributed by atoms with Gasteiger partial charge in [-0.1, -0.05) is 0 Å². The molecule has 0 amide bonds. The topological polar surface area (TPSA) is 71.0 Å². The summed E-state index contributed by atoms with van der Waals surface area (Å²) in [5.41, 5.74) is 1.27. The number of rotatable bonds is 8. The fraction of sp³-hybridized carbons (Fsp3) is 0.583. The summed E-state index contributed by atoms with van der Waals surface area (Å²) in [4.78, 5) is 13.6. The van der Waals surface area contributed by atoms with Gasteiger partial charge in [0.1, 0.15) is 29.5 Å². The van der Waals surface area contributed by atoms with Crippen LogP contribution in [-0.2, 0) is 6.42 Å². The molecular weight excluding hydrogens is 392 g/mol. The molecule has 31 heavy (non-hydrogen) atoms. The minimum absolute atomic E-state index is 0.184. The lowest BCUT2D eigenvalue weighted by atomic mass is 9.90. The quantitative estimate of drug-likeness (QED) is 0.694. The SMILES string of the molecule is COc1cc(CCC2CCN(c3cc(N4CCCC4CO)ncn3)CC2)cc(OC)c1. The number of methoxy groups -OCH3 is 2. The molecule has 2 aliphatic rings. The molecule has 2 aromatic rings. The van der Waals surface area contributed by atoms with Crippen LogP contribution in [0.4, 0.5) is 11.6 Å². The van der Waals surface area contributed by atoms with E-state index in [9.17, 15) is 5.11 Å². The summed E-state index contributed by atoms with van der Waals surface area (Å²) in [6, 6.07) is 8.42. The fourth-order valence-electron chi connectivity index (χ4n) is 4.83. The second-order valence-corrected chi connectivity index (χ2v) is 8.60. The molecule has 0 radical (unpaired) electrons. The Morgan fingerprint density at radius 1 is 0.935 bits per heavy atom. The van der Waals surface area contributed by atoms with Crippen LogP contribution < -0.4 is 19.3 Å². The highest BCUT2D eigenvalue weighted by molar-refractivity contribution is 5.51. The third-order valence-corrected chi connectivity index (χ3v) is 6.71. The number of hydrogen-bond acceptors (Lipinski definition) is 7. The highest BCUT2D eigenvalue weighted by Gasteiger charge is 2.26. The third-order valence-electron chi connectivity index (χ3n) is 6.71. The third kappa shape index (κ3) is 5.21. The van der Waals surface area contributed by atoms with E-state index in [2.05, 4.69) is 38.0 Å². The van der Waals surface area contributed by atoms with E-state index < -0.39 is 0 Å². The number of aliphatic hydroxyl groups excluding tert-OH is 1. The fourth-order valence-corrected chi connectivity index (χ4v) is 4.83. The zero-order valence-electron chi connectivity index (χ0n) is 18.7. The standard InChI is InChI=1S/C24H34N4O3/c1-30-21-12-19(13-22(14-21)31-2)6-5-18-7-10-27(11-8-18)23-15-24(26-17-25-23)28-9-3-4-20(28)16-29/h12-15,17-18,20,29H,3-11,16H2,1-2H3. The summed E-state index contributed by atoms with van der Waals surface area (Å²) < 4.78 is 10.8. The van der Waals surface area contributed by atoms with E-state index in [4.69, 9.17) is 9.47 Å². The molecule has 168 valence electrons. The summed E-state index contributed by atoms with van der Waals surface area (Å²) in [6.45, 7) is 3.18. The molecule has 0 spiro atoms. The van der Waals surface area contributed by atoms with Gasteiger partial charge in [-0.25, -0.2) is 9.97 Å². The van der Waals surface area contributed by atoms with Gasteiger partial charge < -0.3 is 24.4 Å². The van der Waals surface area contributed by atoms with Crippen molar-refractivity contribution in [1.29, 1.82) is 0 Å². The second kappa shape index (κ2) is 10.2. The Hall–Kier alpha value is -2.54. The van der Waals surface area contributed by atoms with E-state index in [0.717, 1.165) is 62.0 Å². The molecule has 1 N–H and O–H groups in total. The number of anilines is 2. The molecule has 3 heterocycles. The monoisotopic (exact) mass is 426 g/mol. The average molecular weight is 427 g/mol. The normalized spacial score (nSPS) is 19.6. The number of piperidine rings is 1. The van der Waals surface area contributed by atoms with E-state index in [-0.39, 0.29) is 12.6 Å². The van der Waals surface area contributed by atoms with Crippen molar-refractivity contribution in [2.75, 3.05) is 50.3 Å². The van der Waals surface area contributed by atoms with Crippen molar-refractivity contribution in [3.63, 3.8) is 0 Å². The molecule has 1 unspecified atom stereocenters. The number of aliphatic hydroxyl groups is 1. The molecule has 4 rings (SSSR count). The molecule has 2 aliphatic heterocycles. The van der Waals surface area contributed by atoms with Gasteiger partial charge >= 0.3 is 0 Å². The minimum Gasteiger partial charge on any atom is -0.497 e. The van der Waals surface area contributed by atoms with E-state index in [0.29, 0.717) is 5.92 Å². The zero-order valence-corrected chi connectivity index (χ0v) is 18.7. The van der Waals surface area contributed by atoms with Gasteiger partial charge in [0.25, 0.3) is 0 Å². The summed E-state index contributed by atoms with van der Waals surface area (Å²) in [7, 11) is 3.39. The van der Waals surface area contributed by atoms with E-state index >= 15 is 0 Å². The molecule has 1 aromatic carbocycles. The predicted molar refractivity (Wildman–Crippen MR) is 122 cm³/mol. The predicted octanol–water partition coefficient (Wildman–Crippen LogP) is 3.30. The van der Waals surface area contributed by atoms with Crippen LogP contribution in [0.1, 0.15) is 37.7 Å². The summed E-state index contributed by atoms with van der Waals surface area (Å²) in [6.07, 6.45) is 8.35. The van der Waals surface area contributed by atoms with E-state index in [1.807, 2.05) is 6.07 Å². The van der Waals surface area contributed by atoms with Gasteiger partial charge in [0.15, 0.2) is 0 Å².